The van der Waals surface area contributed by atoms with Gasteiger partial charge in [-0.2, -0.15) is 0 Å². The summed E-state index contributed by atoms with van der Waals surface area (Å²) >= 11 is 0. The van der Waals surface area contributed by atoms with Crippen molar-refractivity contribution < 1.29 is 14.3 Å². The molecule has 6 nitrogen and oxygen atoms in total. The fourth-order valence-corrected chi connectivity index (χ4v) is 2.50. The van der Waals surface area contributed by atoms with E-state index in [-0.39, 0.29) is 11.9 Å². The smallest absolute Gasteiger partial charge is 0.412 e. The summed E-state index contributed by atoms with van der Waals surface area (Å²) in [6.45, 7) is 8.50. The fraction of sp³-hybridized carbons (Fsp3) is 0.529. The second kappa shape index (κ2) is 6.58. The molecule has 23 heavy (non-hydrogen) atoms. The van der Waals surface area contributed by atoms with Crippen molar-refractivity contribution in [1.29, 1.82) is 0 Å². The maximum Gasteiger partial charge on any atom is 0.412 e. The lowest BCUT2D eigenvalue weighted by Crippen LogP contribution is -2.28. The van der Waals surface area contributed by atoms with Crippen molar-refractivity contribution in [2.75, 3.05) is 11.9 Å². The minimum absolute atomic E-state index is 0.0717. The van der Waals surface area contributed by atoms with Crippen molar-refractivity contribution in [2.24, 2.45) is 5.73 Å². The van der Waals surface area contributed by atoms with E-state index in [9.17, 15) is 9.59 Å². The number of hydrogen-bond donors (Lipinski definition) is 2. The summed E-state index contributed by atoms with van der Waals surface area (Å²) in [4.78, 5) is 25.5. The van der Waals surface area contributed by atoms with E-state index in [4.69, 9.17) is 10.5 Å². The molecular weight excluding hydrogens is 294 g/mol. The number of amides is 2. The number of nitrogens with two attached hydrogens (primary N) is 1. The number of carbonyl (C=O) groups excluding carboxylic acids is 2. The summed E-state index contributed by atoms with van der Waals surface area (Å²) in [5.74, 6) is 0.0717. The molecule has 126 valence electrons. The molecule has 2 amide bonds. The number of ether oxygens (including phenoxy) is 1. The largest absolute Gasteiger partial charge is 0.444 e. The number of hydrogen-bond acceptors (Lipinski definition) is 4. The van der Waals surface area contributed by atoms with Crippen LogP contribution in [0.25, 0.3) is 0 Å². The zero-order valence-corrected chi connectivity index (χ0v) is 14.2. The van der Waals surface area contributed by atoms with Gasteiger partial charge in [0.25, 0.3) is 0 Å². The van der Waals surface area contributed by atoms with E-state index in [2.05, 4.69) is 5.32 Å². The second-order valence-electron chi connectivity index (χ2n) is 7.01. The number of nitrogens with zero attached hydrogens (tertiary/aromatic N) is 1. The Kier molecular flexibility index (Phi) is 4.94. The van der Waals surface area contributed by atoms with E-state index < -0.39 is 11.7 Å². The van der Waals surface area contributed by atoms with E-state index in [0.29, 0.717) is 25.2 Å². The zero-order chi connectivity index (χ0) is 17.2. The number of aryl methyl sites for hydroxylation is 1. The number of carbonyl (C=O) groups is 2. The van der Waals surface area contributed by atoms with Crippen LogP contribution >= 0.6 is 0 Å². The van der Waals surface area contributed by atoms with Gasteiger partial charge in [0.15, 0.2) is 0 Å². The minimum Gasteiger partial charge on any atom is -0.444 e. The van der Waals surface area contributed by atoms with Crippen molar-refractivity contribution in [1.82, 2.24) is 4.90 Å². The Labute approximate surface area is 137 Å². The molecule has 2 rings (SSSR count). The molecule has 1 aromatic rings. The Morgan fingerprint density at radius 1 is 1.43 bits per heavy atom. The summed E-state index contributed by atoms with van der Waals surface area (Å²) < 4.78 is 5.25. The van der Waals surface area contributed by atoms with Crippen molar-refractivity contribution in [2.45, 2.75) is 52.3 Å². The molecule has 6 heteroatoms. The quantitative estimate of drug-likeness (QED) is 0.896. The topological polar surface area (TPSA) is 84.7 Å². The number of benzene rings is 1. The Balaban J connectivity index is 2.07. The molecule has 0 aromatic heterocycles. The molecule has 1 fully saturated rings. The highest BCUT2D eigenvalue weighted by Crippen LogP contribution is 2.21. The molecule has 0 aliphatic carbocycles. The van der Waals surface area contributed by atoms with Gasteiger partial charge in [-0.3, -0.25) is 10.1 Å². The molecule has 1 unspecified atom stereocenters. The Bertz CT molecular complexity index is 608. The third-order valence-electron chi connectivity index (χ3n) is 3.60. The Hall–Kier alpha value is -2.08. The first-order chi connectivity index (χ1) is 10.6. The van der Waals surface area contributed by atoms with E-state index >= 15 is 0 Å². The average Bonchev–Trinajstić information content (AvgIpc) is 2.69. The van der Waals surface area contributed by atoms with Crippen molar-refractivity contribution >= 4 is 17.7 Å². The fourth-order valence-electron chi connectivity index (χ4n) is 2.50. The van der Waals surface area contributed by atoms with Gasteiger partial charge in [0.1, 0.15) is 5.60 Å². The maximum atomic E-state index is 11.9. The molecule has 0 spiro atoms. The van der Waals surface area contributed by atoms with Crippen LogP contribution in [-0.2, 0) is 16.1 Å². The van der Waals surface area contributed by atoms with Crippen LogP contribution in [-0.4, -0.2) is 35.1 Å². The molecule has 1 heterocycles. The first-order valence-corrected chi connectivity index (χ1v) is 7.77. The summed E-state index contributed by atoms with van der Waals surface area (Å²) in [6.07, 6.45) is -0.0962. The summed E-state index contributed by atoms with van der Waals surface area (Å²) in [6, 6.07) is 5.52. The van der Waals surface area contributed by atoms with Gasteiger partial charge in [-0.1, -0.05) is 6.07 Å². The van der Waals surface area contributed by atoms with Gasteiger partial charge in [-0.25, -0.2) is 4.79 Å². The molecule has 1 saturated heterocycles. The molecule has 3 N–H and O–H groups in total. The summed E-state index contributed by atoms with van der Waals surface area (Å²) in [5, 5.41) is 2.72. The van der Waals surface area contributed by atoms with E-state index in [1.54, 1.807) is 4.90 Å². The molecule has 1 atom stereocenters. The van der Waals surface area contributed by atoms with Crippen LogP contribution in [0.4, 0.5) is 10.5 Å². The van der Waals surface area contributed by atoms with Crippen molar-refractivity contribution in [3.63, 3.8) is 0 Å². The zero-order valence-electron chi connectivity index (χ0n) is 14.2. The number of anilines is 1. The van der Waals surface area contributed by atoms with Crippen molar-refractivity contribution in [3.8, 4) is 0 Å². The van der Waals surface area contributed by atoms with Crippen LogP contribution < -0.4 is 11.1 Å². The second-order valence-corrected chi connectivity index (χ2v) is 7.01. The van der Waals surface area contributed by atoms with Crippen LogP contribution in [0.5, 0.6) is 0 Å². The standard InChI is InChI=1S/C17H25N3O3/c1-11-5-6-14(19-16(22)23-17(2,3)4)7-12(11)9-20-10-13(18)8-15(20)21/h5-7,13H,8-10,18H2,1-4H3,(H,19,22). The van der Waals surface area contributed by atoms with Crippen molar-refractivity contribution in [3.05, 3.63) is 29.3 Å². The van der Waals surface area contributed by atoms with Gasteiger partial charge >= 0.3 is 6.09 Å². The average molecular weight is 319 g/mol. The molecule has 0 bridgehead atoms. The molecule has 1 aromatic carbocycles. The van der Waals surface area contributed by atoms with E-state index in [1.807, 2.05) is 45.9 Å². The SMILES string of the molecule is Cc1ccc(NC(=O)OC(C)(C)C)cc1CN1CC(N)CC1=O. The maximum absolute atomic E-state index is 11.9. The lowest BCUT2D eigenvalue weighted by Gasteiger charge is -2.21. The van der Waals surface area contributed by atoms with Gasteiger partial charge in [0, 0.05) is 31.2 Å². The third kappa shape index (κ3) is 4.96. The minimum atomic E-state index is -0.546. The molecule has 0 radical (unpaired) electrons. The Morgan fingerprint density at radius 3 is 2.70 bits per heavy atom. The van der Waals surface area contributed by atoms with Gasteiger partial charge in [-0.15, -0.1) is 0 Å². The van der Waals surface area contributed by atoms with Crippen LogP contribution in [0.3, 0.4) is 0 Å². The number of nitrogens with one attached hydrogen (secondary N) is 1. The van der Waals surface area contributed by atoms with Crippen LogP contribution in [0.1, 0.15) is 38.3 Å². The molecule has 1 aliphatic rings. The summed E-state index contributed by atoms with van der Waals surface area (Å²) in [7, 11) is 0. The molecular formula is C17H25N3O3. The predicted molar refractivity (Wildman–Crippen MR) is 89.0 cm³/mol. The first-order valence-electron chi connectivity index (χ1n) is 7.77. The predicted octanol–water partition coefficient (Wildman–Crippen LogP) is 2.40. The first kappa shape index (κ1) is 17.3. The van der Waals surface area contributed by atoms with Crippen LogP contribution in [0.2, 0.25) is 0 Å². The van der Waals surface area contributed by atoms with E-state index in [1.165, 1.54) is 0 Å². The third-order valence-corrected chi connectivity index (χ3v) is 3.60. The molecule has 0 saturated carbocycles. The van der Waals surface area contributed by atoms with Gasteiger partial charge in [0.05, 0.1) is 0 Å². The number of likely N-dealkylation sites (tertiary alicyclic amines) is 1. The summed E-state index contributed by atoms with van der Waals surface area (Å²) in [5.41, 5.74) is 7.98. The highest BCUT2D eigenvalue weighted by molar-refractivity contribution is 5.85. The van der Waals surface area contributed by atoms with Gasteiger partial charge in [-0.05, 0) is 51.0 Å². The monoisotopic (exact) mass is 319 g/mol. The van der Waals surface area contributed by atoms with Crippen LogP contribution in [0.15, 0.2) is 18.2 Å². The van der Waals surface area contributed by atoms with Gasteiger partial charge in [0.2, 0.25) is 5.91 Å². The highest BCUT2D eigenvalue weighted by Gasteiger charge is 2.27. The normalized spacial score (nSPS) is 18.2. The Morgan fingerprint density at radius 2 is 2.13 bits per heavy atom. The van der Waals surface area contributed by atoms with Crippen LogP contribution in [0, 0.1) is 6.92 Å². The molecule has 1 aliphatic heterocycles. The highest BCUT2D eigenvalue weighted by atomic mass is 16.6. The number of rotatable bonds is 3. The van der Waals surface area contributed by atoms with Gasteiger partial charge < -0.3 is 15.4 Å². The lowest BCUT2D eigenvalue weighted by atomic mass is 10.1. The lowest BCUT2D eigenvalue weighted by molar-refractivity contribution is -0.128. The van der Waals surface area contributed by atoms with E-state index in [0.717, 1.165) is 11.1 Å².